The molecule has 0 saturated heterocycles. The normalized spacial score (nSPS) is 15.4. The van der Waals surface area contributed by atoms with Crippen LogP contribution in [0.3, 0.4) is 0 Å². The minimum absolute atomic E-state index is 0.484. The number of aromatic nitrogens is 4. The molecule has 84 valence electrons. The summed E-state index contributed by atoms with van der Waals surface area (Å²) in [4.78, 5) is 10.5. The van der Waals surface area contributed by atoms with Crippen LogP contribution in [0.4, 0.5) is 5.82 Å². The van der Waals surface area contributed by atoms with Crippen molar-refractivity contribution in [1.29, 1.82) is 0 Å². The third-order valence-electron chi connectivity index (χ3n) is 2.62. The maximum atomic E-state index is 5.19. The summed E-state index contributed by atoms with van der Waals surface area (Å²) in [5, 5.41) is 3.94. The van der Waals surface area contributed by atoms with Crippen molar-refractivity contribution in [3.63, 3.8) is 0 Å². The second-order valence-corrected chi connectivity index (χ2v) is 4.24. The lowest BCUT2D eigenvalue weighted by Crippen LogP contribution is -2.08. The molecule has 2 aromatic rings. The van der Waals surface area contributed by atoms with Crippen molar-refractivity contribution in [2.45, 2.75) is 18.8 Å². The zero-order valence-corrected chi connectivity index (χ0v) is 9.29. The lowest BCUT2D eigenvalue weighted by Gasteiger charge is -2.05. The molecule has 1 aliphatic carbocycles. The van der Waals surface area contributed by atoms with Crippen molar-refractivity contribution in [3.05, 3.63) is 18.4 Å². The molecule has 0 N–H and O–H groups in total. The van der Waals surface area contributed by atoms with Crippen LogP contribution >= 0.6 is 0 Å². The summed E-state index contributed by atoms with van der Waals surface area (Å²) in [7, 11) is 3.89. The SMILES string of the molecule is CN(C)c1cn(-c2noc(C3CC3)n2)cn1. The molecule has 6 nitrogen and oxygen atoms in total. The molecule has 2 heterocycles. The minimum atomic E-state index is 0.484. The summed E-state index contributed by atoms with van der Waals surface area (Å²) in [6, 6.07) is 0. The van der Waals surface area contributed by atoms with Crippen molar-refractivity contribution in [2.24, 2.45) is 0 Å². The molecular weight excluding hydrogens is 206 g/mol. The fourth-order valence-electron chi connectivity index (χ4n) is 1.48. The van der Waals surface area contributed by atoms with Gasteiger partial charge in [-0.2, -0.15) is 4.98 Å². The zero-order valence-electron chi connectivity index (χ0n) is 9.29. The van der Waals surface area contributed by atoms with Crippen LogP contribution in [0.25, 0.3) is 5.95 Å². The minimum Gasteiger partial charge on any atom is -0.361 e. The van der Waals surface area contributed by atoms with Crippen molar-refractivity contribution < 1.29 is 4.52 Å². The monoisotopic (exact) mass is 219 g/mol. The smallest absolute Gasteiger partial charge is 0.275 e. The van der Waals surface area contributed by atoms with Crippen molar-refractivity contribution >= 4 is 5.82 Å². The number of rotatable bonds is 3. The molecule has 6 heteroatoms. The van der Waals surface area contributed by atoms with Crippen LogP contribution in [0.1, 0.15) is 24.7 Å². The molecule has 0 aliphatic heterocycles. The van der Waals surface area contributed by atoms with Crippen LogP contribution in [-0.4, -0.2) is 33.8 Å². The van der Waals surface area contributed by atoms with Gasteiger partial charge < -0.3 is 9.42 Å². The van der Waals surface area contributed by atoms with Gasteiger partial charge in [0.1, 0.15) is 12.1 Å². The Morgan fingerprint density at radius 2 is 2.25 bits per heavy atom. The highest BCUT2D eigenvalue weighted by Crippen LogP contribution is 2.39. The molecule has 3 rings (SSSR count). The van der Waals surface area contributed by atoms with E-state index in [2.05, 4.69) is 15.1 Å². The fraction of sp³-hybridized carbons (Fsp3) is 0.500. The molecule has 0 spiro atoms. The first-order chi connectivity index (χ1) is 7.74. The van der Waals surface area contributed by atoms with E-state index in [1.54, 1.807) is 10.9 Å². The number of anilines is 1. The molecule has 1 saturated carbocycles. The van der Waals surface area contributed by atoms with E-state index < -0.39 is 0 Å². The van der Waals surface area contributed by atoms with Crippen molar-refractivity contribution in [3.8, 4) is 5.95 Å². The largest absolute Gasteiger partial charge is 0.361 e. The molecule has 0 atom stereocenters. The summed E-state index contributed by atoms with van der Waals surface area (Å²) in [5.41, 5.74) is 0. The van der Waals surface area contributed by atoms with Gasteiger partial charge in [-0.05, 0) is 18.0 Å². The fourth-order valence-corrected chi connectivity index (χ4v) is 1.48. The van der Waals surface area contributed by atoms with Crippen LogP contribution in [0, 0.1) is 0 Å². The average Bonchev–Trinajstić information content (AvgIpc) is 2.83. The van der Waals surface area contributed by atoms with Crippen LogP contribution in [0.15, 0.2) is 17.0 Å². The zero-order chi connectivity index (χ0) is 11.1. The first kappa shape index (κ1) is 9.38. The van der Waals surface area contributed by atoms with Crippen LogP contribution in [0.5, 0.6) is 0 Å². The molecule has 2 aromatic heterocycles. The maximum Gasteiger partial charge on any atom is 0.275 e. The predicted molar refractivity (Wildman–Crippen MR) is 57.7 cm³/mol. The summed E-state index contributed by atoms with van der Waals surface area (Å²) in [6.45, 7) is 0. The van der Waals surface area contributed by atoms with E-state index in [1.165, 1.54) is 0 Å². The quantitative estimate of drug-likeness (QED) is 0.776. The Morgan fingerprint density at radius 1 is 1.44 bits per heavy atom. The lowest BCUT2D eigenvalue weighted by molar-refractivity contribution is 0.377. The van der Waals surface area contributed by atoms with E-state index in [0.29, 0.717) is 11.9 Å². The molecule has 0 unspecified atom stereocenters. The highest BCUT2D eigenvalue weighted by molar-refractivity contribution is 5.35. The van der Waals surface area contributed by atoms with E-state index in [4.69, 9.17) is 4.52 Å². The van der Waals surface area contributed by atoms with Crippen molar-refractivity contribution in [2.75, 3.05) is 19.0 Å². The van der Waals surface area contributed by atoms with Gasteiger partial charge in [0.15, 0.2) is 0 Å². The van der Waals surface area contributed by atoms with Crippen molar-refractivity contribution in [1.82, 2.24) is 19.7 Å². The van der Waals surface area contributed by atoms with E-state index in [-0.39, 0.29) is 0 Å². The molecule has 0 bridgehead atoms. The van der Waals surface area contributed by atoms with Gasteiger partial charge in [-0.25, -0.2) is 4.98 Å². The third kappa shape index (κ3) is 1.56. The summed E-state index contributed by atoms with van der Waals surface area (Å²) >= 11 is 0. The third-order valence-corrected chi connectivity index (χ3v) is 2.62. The highest BCUT2D eigenvalue weighted by Gasteiger charge is 2.29. The molecular formula is C10H13N5O. The highest BCUT2D eigenvalue weighted by atomic mass is 16.5. The first-order valence-electron chi connectivity index (χ1n) is 5.29. The van der Waals surface area contributed by atoms with Gasteiger partial charge in [0, 0.05) is 20.0 Å². The van der Waals surface area contributed by atoms with Gasteiger partial charge in [0.2, 0.25) is 5.89 Å². The van der Waals surface area contributed by atoms with E-state index in [1.807, 2.05) is 25.2 Å². The van der Waals surface area contributed by atoms with Gasteiger partial charge in [0.25, 0.3) is 5.95 Å². The van der Waals surface area contributed by atoms with E-state index in [9.17, 15) is 0 Å². The van der Waals surface area contributed by atoms with E-state index >= 15 is 0 Å². The van der Waals surface area contributed by atoms with Crippen LogP contribution in [0.2, 0.25) is 0 Å². The second-order valence-electron chi connectivity index (χ2n) is 4.24. The summed E-state index contributed by atoms with van der Waals surface area (Å²) in [6.07, 6.45) is 5.89. The van der Waals surface area contributed by atoms with Gasteiger partial charge in [-0.15, -0.1) is 0 Å². The van der Waals surface area contributed by atoms with Gasteiger partial charge >= 0.3 is 0 Å². The molecule has 1 aliphatic rings. The van der Waals surface area contributed by atoms with E-state index in [0.717, 1.165) is 24.6 Å². The second kappa shape index (κ2) is 3.33. The Labute approximate surface area is 92.9 Å². The molecule has 1 fully saturated rings. The Bertz CT molecular complexity index is 459. The van der Waals surface area contributed by atoms with Gasteiger partial charge in [0.05, 0.1) is 6.20 Å². The molecule has 0 aromatic carbocycles. The first-order valence-corrected chi connectivity index (χ1v) is 5.29. The molecule has 0 amide bonds. The summed E-state index contributed by atoms with van der Waals surface area (Å²) < 4.78 is 6.96. The number of imidazole rings is 1. The Hall–Kier alpha value is -1.85. The topological polar surface area (TPSA) is 60.0 Å². The van der Waals surface area contributed by atoms with Gasteiger partial charge in [-0.1, -0.05) is 0 Å². The predicted octanol–water partition coefficient (Wildman–Crippen LogP) is 1.20. The maximum absolute atomic E-state index is 5.19. The molecule has 16 heavy (non-hydrogen) atoms. The number of hydrogen-bond acceptors (Lipinski definition) is 5. The lowest BCUT2D eigenvalue weighted by atomic mass is 10.4. The summed E-state index contributed by atoms with van der Waals surface area (Å²) in [5.74, 6) is 2.66. The molecule has 0 radical (unpaired) electrons. The number of nitrogens with zero attached hydrogens (tertiary/aromatic N) is 5. The Kier molecular flexibility index (Phi) is 1.95. The van der Waals surface area contributed by atoms with Crippen LogP contribution in [-0.2, 0) is 0 Å². The Morgan fingerprint density at radius 3 is 2.88 bits per heavy atom. The average molecular weight is 219 g/mol. The number of hydrogen-bond donors (Lipinski definition) is 0. The van der Waals surface area contributed by atoms with Crippen LogP contribution < -0.4 is 4.90 Å². The van der Waals surface area contributed by atoms with Gasteiger partial charge in [-0.3, -0.25) is 4.57 Å². The Balaban J connectivity index is 1.88. The standard InChI is InChI=1S/C10H13N5O/c1-14(2)8-5-15(6-11-8)10-12-9(16-13-10)7-3-4-7/h5-7H,3-4H2,1-2H3.